The molecule has 116 valence electrons. The van der Waals surface area contributed by atoms with Gasteiger partial charge >= 0.3 is 5.97 Å². The van der Waals surface area contributed by atoms with E-state index in [-0.39, 0.29) is 11.4 Å². The van der Waals surface area contributed by atoms with E-state index >= 15 is 0 Å². The molecule has 2 aromatic heterocycles. The van der Waals surface area contributed by atoms with Crippen molar-refractivity contribution in [1.82, 2.24) is 9.78 Å². The average Bonchev–Trinajstić information content (AvgIpc) is 3.15. The predicted molar refractivity (Wildman–Crippen MR) is 85.4 cm³/mol. The van der Waals surface area contributed by atoms with Crippen molar-refractivity contribution in [3.8, 4) is 0 Å². The number of carbonyl (C=O) groups is 1. The summed E-state index contributed by atoms with van der Waals surface area (Å²) < 4.78 is 7.58. The van der Waals surface area contributed by atoms with Gasteiger partial charge in [-0.05, 0) is 35.8 Å². The summed E-state index contributed by atoms with van der Waals surface area (Å²) in [5.41, 5.74) is 1.08. The van der Waals surface area contributed by atoms with Gasteiger partial charge in [0.2, 0.25) is 0 Å². The average molecular weight is 337 g/mol. The highest BCUT2D eigenvalue weighted by atomic mass is 35.5. The van der Waals surface area contributed by atoms with Gasteiger partial charge in [0.05, 0.1) is 11.1 Å². The topological polar surface area (TPSA) is 44.1 Å². The van der Waals surface area contributed by atoms with Crippen LogP contribution in [0.2, 0.25) is 5.15 Å². The molecule has 4 nitrogen and oxygen atoms in total. The van der Waals surface area contributed by atoms with Crippen LogP contribution in [-0.2, 0) is 17.4 Å². The number of nitrogens with zero attached hydrogens (tertiary/aromatic N) is 2. The van der Waals surface area contributed by atoms with E-state index in [4.69, 9.17) is 16.3 Å². The molecule has 4 rings (SSSR count). The highest BCUT2D eigenvalue weighted by Gasteiger charge is 2.65. The molecule has 6 heteroatoms. The number of halogens is 1. The summed E-state index contributed by atoms with van der Waals surface area (Å²) in [6.45, 7) is 4.41. The molecular weight excluding hydrogens is 320 g/mol. The SMILES string of the molecule is Cn1ncc(C(=O)OC23CCC(c4ccsc42)C3(C)C)c1Cl. The van der Waals surface area contributed by atoms with Crippen LogP contribution in [0, 0.1) is 5.41 Å². The maximum atomic E-state index is 12.7. The molecule has 0 amide bonds. The Morgan fingerprint density at radius 3 is 3.00 bits per heavy atom. The molecular formula is C16H17ClN2O2S. The van der Waals surface area contributed by atoms with Crippen LogP contribution in [0.1, 0.15) is 53.4 Å². The van der Waals surface area contributed by atoms with Crippen LogP contribution in [0.25, 0.3) is 0 Å². The zero-order chi connectivity index (χ0) is 15.7. The molecule has 2 bridgehead atoms. The van der Waals surface area contributed by atoms with Crippen LogP contribution in [0.5, 0.6) is 0 Å². The van der Waals surface area contributed by atoms with E-state index in [0.717, 1.165) is 12.8 Å². The van der Waals surface area contributed by atoms with Gasteiger partial charge in [-0.3, -0.25) is 4.68 Å². The van der Waals surface area contributed by atoms with Crippen molar-refractivity contribution < 1.29 is 9.53 Å². The molecule has 0 saturated heterocycles. The van der Waals surface area contributed by atoms with Crippen molar-refractivity contribution in [3.05, 3.63) is 38.8 Å². The Morgan fingerprint density at radius 1 is 1.55 bits per heavy atom. The van der Waals surface area contributed by atoms with Crippen molar-refractivity contribution in [2.75, 3.05) is 0 Å². The first-order valence-electron chi connectivity index (χ1n) is 7.37. The van der Waals surface area contributed by atoms with Crippen molar-refractivity contribution in [1.29, 1.82) is 0 Å². The minimum Gasteiger partial charge on any atom is -0.449 e. The summed E-state index contributed by atoms with van der Waals surface area (Å²) in [5.74, 6) is 0.0824. The fraction of sp³-hybridized carbons (Fsp3) is 0.500. The number of aryl methyl sites for hydroxylation is 1. The van der Waals surface area contributed by atoms with Gasteiger partial charge in [-0.15, -0.1) is 11.3 Å². The Bertz CT molecular complexity index is 779. The lowest BCUT2D eigenvalue weighted by Crippen LogP contribution is -2.39. The van der Waals surface area contributed by atoms with Crippen molar-refractivity contribution >= 4 is 28.9 Å². The molecule has 2 atom stereocenters. The minimum absolute atomic E-state index is 0.0836. The van der Waals surface area contributed by atoms with Gasteiger partial charge in [-0.25, -0.2) is 4.79 Å². The highest BCUT2D eigenvalue weighted by Crippen LogP contribution is 2.69. The number of hydrogen-bond acceptors (Lipinski definition) is 4. The number of carbonyl (C=O) groups excluding carboxylic acids is 1. The van der Waals surface area contributed by atoms with Gasteiger partial charge in [0.1, 0.15) is 10.7 Å². The zero-order valence-corrected chi connectivity index (χ0v) is 14.3. The minimum atomic E-state index is -0.530. The van der Waals surface area contributed by atoms with Crippen LogP contribution in [-0.4, -0.2) is 15.7 Å². The summed E-state index contributed by atoms with van der Waals surface area (Å²) in [5, 5.41) is 6.44. The Kier molecular flexibility index (Phi) is 2.83. The molecule has 2 aliphatic carbocycles. The number of ether oxygens (including phenoxy) is 1. The quantitative estimate of drug-likeness (QED) is 0.775. The molecule has 0 aliphatic heterocycles. The summed E-state index contributed by atoms with van der Waals surface area (Å²) in [4.78, 5) is 13.9. The van der Waals surface area contributed by atoms with E-state index in [9.17, 15) is 4.79 Å². The van der Waals surface area contributed by atoms with E-state index < -0.39 is 5.60 Å². The summed E-state index contributed by atoms with van der Waals surface area (Å²) in [6, 6.07) is 2.18. The number of esters is 1. The molecule has 2 aromatic rings. The van der Waals surface area contributed by atoms with Crippen molar-refractivity contribution in [2.45, 2.75) is 38.2 Å². The van der Waals surface area contributed by atoms with Crippen LogP contribution >= 0.6 is 22.9 Å². The second-order valence-corrected chi connectivity index (χ2v) is 7.98. The van der Waals surface area contributed by atoms with Crippen LogP contribution < -0.4 is 0 Å². The summed E-state index contributed by atoms with van der Waals surface area (Å²) >= 11 is 7.83. The Morgan fingerprint density at radius 2 is 2.32 bits per heavy atom. The van der Waals surface area contributed by atoms with Gasteiger partial charge < -0.3 is 4.74 Å². The maximum Gasteiger partial charge on any atom is 0.343 e. The highest BCUT2D eigenvalue weighted by molar-refractivity contribution is 7.10. The second-order valence-electron chi connectivity index (χ2n) is 6.71. The van der Waals surface area contributed by atoms with Gasteiger partial charge in [-0.2, -0.15) is 5.10 Å². The van der Waals surface area contributed by atoms with Crippen LogP contribution in [0.3, 0.4) is 0 Å². The lowest BCUT2D eigenvalue weighted by atomic mass is 9.77. The fourth-order valence-electron chi connectivity index (χ4n) is 4.19. The van der Waals surface area contributed by atoms with E-state index in [1.165, 1.54) is 21.3 Å². The largest absolute Gasteiger partial charge is 0.449 e. The Hall–Kier alpha value is -1.33. The van der Waals surface area contributed by atoms with Gasteiger partial charge in [0, 0.05) is 12.5 Å². The van der Waals surface area contributed by atoms with Crippen LogP contribution in [0.15, 0.2) is 17.6 Å². The molecule has 0 N–H and O–H groups in total. The smallest absolute Gasteiger partial charge is 0.343 e. The maximum absolute atomic E-state index is 12.7. The summed E-state index contributed by atoms with van der Waals surface area (Å²) in [7, 11) is 1.71. The molecule has 0 aromatic carbocycles. The standard InChI is InChI=1S/C16H17ClN2O2S/c1-15(2)11-4-6-16(15,12-9(11)5-7-22-12)21-14(20)10-8-18-19(3)13(10)17/h5,7-8,11H,4,6H2,1-3H3. The molecule has 0 radical (unpaired) electrons. The van der Waals surface area contributed by atoms with Gasteiger partial charge in [-0.1, -0.05) is 25.4 Å². The Balaban J connectivity index is 1.76. The molecule has 1 saturated carbocycles. The van der Waals surface area contributed by atoms with E-state index in [2.05, 4.69) is 30.4 Å². The second kappa shape index (κ2) is 4.36. The lowest BCUT2D eigenvalue weighted by molar-refractivity contribution is -0.0663. The number of aromatic nitrogens is 2. The zero-order valence-electron chi connectivity index (χ0n) is 12.7. The first-order valence-corrected chi connectivity index (χ1v) is 8.63. The van der Waals surface area contributed by atoms with Crippen LogP contribution in [0.4, 0.5) is 0 Å². The van der Waals surface area contributed by atoms with E-state index in [1.807, 2.05) is 0 Å². The monoisotopic (exact) mass is 336 g/mol. The number of rotatable bonds is 2. The van der Waals surface area contributed by atoms with E-state index in [1.54, 1.807) is 18.4 Å². The number of thiophene rings is 1. The van der Waals surface area contributed by atoms with Crippen molar-refractivity contribution in [2.24, 2.45) is 12.5 Å². The third-order valence-electron chi connectivity index (χ3n) is 5.49. The lowest BCUT2D eigenvalue weighted by Gasteiger charge is -2.37. The molecule has 22 heavy (non-hydrogen) atoms. The molecule has 2 aliphatic rings. The first-order chi connectivity index (χ1) is 10.4. The Labute approximate surface area is 138 Å². The number of fused-ring (bicyclic) bond motifs is 5. The fourth-order valence-corrected chi connectivity index (χ4v) is 5.65. The predicted octanol–water partition coefficient (Wildman–Crippen LogP) is 4.10. The number of hydrogen-bond donors (Lipinski definition) is 0. The molecule has 2 unspecified atom stereocenters. The third kappa shape index (κ3) is 1.53. The normalized spacial score (nSPS) is 27.9. The third-order valence-corrected chi connectivity index (χ3v) is 7.01. The molecule has 1 fully saturated rings. The molecule has 0 spiro atoms. The summed E-state index contributed by atoms with van der Waals surface area (Å²) in [6.07, 6.45) is 3.41. The van der Waals surface area contributed by atoms with Gasteiger partial charge in [0.15, 0.2) is 5.60 Å². The van der Waals surface area contributed by atoms with Crippen molar-refractivity contribution in [3.63, 3.8) is 0 Å². The van der Waals surface area contributed by atoms with Gasteiger partial charge in [0.25, 0.3) is 0 Å². The van der Waals surface area contributed by atoms with E-state index in [0.29, 0.717) is 16.6 Å². The molecule has 2 heterocycles. The first kappa shape index (κ1) is 14.3.